The van der Waals surface area contributed by atoms with E-state index in [2.05, 4.69) is 15.9 Å². The predicted molar refractivity (Wildman–Crippen MR) is 93.7 cm³/mol. The Morgan fingerprint density at radius 2 is 1.95 bits per heavy atom. The van der Waals surface area contributed by atoms with E-state index in [-0.39, 0.29) is 11.7 Å². The predicted octanol–water partition coefficient (Wildman–Crippen LogP) is 6.17. The van der Waals surface area contributed by atoms with E-state index >= 15 is 0 Å². The molecule has 0 bridgehead atoms. The number of halogens is 2. The summed E-state index contributed by atoms with van der Waals surface area (Å²) in [5.74, 6) is 0.467. The molecule has 0 N–H and O–H groups in total. The lowest BCUT2D eigenvalue weighted by Crippen LogP contribution is -2.15. The molecule has 1 fully saturated rings. The van der Waals surface area contributed by atoms with Crippen molar-refractivity contribution in [1.29, 1.82) is 0 Å². The summed E-state index contributed by atoms with van der Waals surface area (Å²) < 4.78 is 0.998. The van der Waals surface area contributed by atoms with Crippen molar-refractivity contribution < 1.29 is 4.79 Å². The van der Waals surface area contributed by atoms with E-state index in [0.29, 0.717) is 5.02 Å². The van der Waals surface area contributed by atoms with Crippen LogP contribution in [0.1, 0.15) is 44.6 Å². The van der Waals surface area contributed by atoms with Gasteiger partial charge in [-0.05, 0) is 53.6 Å². The van der Waals surface area contributed by atoms with Crippen molar-refractivity contribution in [1.82, 2.24) is 0 Å². The zero-order valence-corrected chi connectivity index (χ0v) is 14.6. The summed E-state index contributed by atoms with van der Waals surface area (Å²) in [7, 11) is 0. The van der Waals surface area contributed by atoms with Gasteiger partial charge < -0.3 is 0 Å². The van der Waals surface area contributed by atoms with Crippen molar-refractivity contribution in [3.8, 4) is 0 Å². The third-order valence-corrected chi connectivity index (χ3v) is 4.59. The molecular formula is C18H20BrClO. The number of carbonyl (C=O) groups is 1. The first-order valence-electron chi connectivity index (χ1n) is 7.42. The van der Waals surface area contributed by atoms with Gasteiger partial charge in [-0.25, -0.2) is 0 Å². The Labute approximate surface area is 140 Å². The lowest BCUT2D eigenvalue weighted by molar-refractivity contribution is -0.119. The van der Waals surface area contributed by atoms with Gasteiger partial charge in [0.1, 0.15) is 0 Å². The second-order valence-corrected chi connectivity index (χ2v) is 7.15. The monoisotopic (exact) mass is 366 g/mol. The van der Waals surface area contributed by atoms with Crippen molar-refractivity contribution in [2.24, 2.45) is 5.92 Å². The number of hydrogen-bond acceptors (Lipinski definition) is 1. The van der Waals surface area contributed by atoms with Gasteiger partial charge in [0, 0.05) is 10.9 Å². The highest BCUT2D eigenvalue weighted by atomic mass is 79.9. The van der Waals surface area contributed by atoms with Crippen molar-refractivity contribution in [2.45, 2.75) is 39.0 Å². The van der Waals surface area contributed by atoms with Gasteiger partial charge in [0.15, 0.2) is 5.78 Å². The number of benzene rings is 1. The molecule has 0 atom stereocenters. The molecule has 1 nitrogen and oxygen atoms in total. The fourth-order valence-electron chi connectivity index (χ4n) is 2.75. The maximum absolute atomic E-state index is 12.3. The fraction of sp³-hybridized carbons (Fsp3) is 0.389. The second kappa shape index (κ2) is 7.95. The van der Waals surface area contributed by atoms with Gasteiger partial charge in [-0.15, -0.1) is 0 Å². The SMILES string of the molecule is C/C(Br)=C(/C=C/C(=O)C1CCCCC1)c1cccc(Cl)c1. The highest BCUT2D eigenvalue weighted by Crippen LogP contribution is 2.28. The van der Waals surface area contributed by atoms with Crippen LogP contribution >= 0.6 is 27.5 Å². The summed E-state index contributed by atoms with van der Waals surface area (Å²) in [4.78, 5) is 12.3. The normalized spacial score (nSPS) is 17.9. The van der Waals surface area contributed by atoms with Gasteiger partial charge in [0.25, 0.3) is 0 Å². The molecule has 112 valence electrons. The molecule has 2 rings (SSSR count). The van der Waals surface area contributed by atoms with Crippen LogP contribution in [0.3, 0.4) is 0 Å². The highest BCUT2D eigenvalue weighted by Gasteiger charge is 2.18. The van der Waals surface area contributed by atoms with Crippen LogP contribution in [0, 0.1) is 5.92 Å². The molecule has 0 radical (unpaired) electrons. The summed E-state index contributed by atoms with van der Waals surface area (Å²) in [5, 5.41) is 0.700. The van der Waals surface area contributed by atoms with Crippen LogP contribution in [-0.4, -0.2) is 5.78 Å². The molecule has 0 saturated heterocycles. The molecule has 1 aromatic carbocycles. The van der Waals surface area contributed by atoms with Gasteiger partial charge in [-0.3, -0.25) is 4.79 Å². The molecule has 0 spiro atoms. The Morgan fingerprint density at radius 1 is 1.24 bits per heavy atom. The van der Waals surface area contributed by atoms with Crippen LogP contribution in [0.25, 0.3) is 5.57 Å². The van der Waals surface area contributed by atoms with E-state index in [1.54, 1.807) is 6.08 Å². The minimum absolute atomic E-state index is 0.214. The molecule has 21 heavy (non-hydrogen) atoms. The molecule has 0 heterocycles. The Kier molecular flexibility index (Phi) is 6.25. The molecule has 0 unspecified atom stereocenters. The molecule has 0 aromatic heterocycles. The number of hydrogen-bond donors (Lipinski definition) is 0. The van der Waals surface area contributed by atoms with Crippen molar-refractivity contribution in [2.75, 3.05) is 0 Å². The molecule has 3 heteroatoms. The summed E-state index contributed by atoms with van der Waals surface area (Å²) >= 11 is 9.57. The van der Waals surface area contributed by atoms with Crippen LogP contribution in [0.5, 0.6) is 0 Å². The van der Waals surface area contributed by atoms with E-state index in [1.807, 2.05) is 37.3 Å². The van der Waals surface area contributed by atoms with E-state index in [4.69, 9.17) is 11.6 Å². The van der Waals surface area contributed by atoms with Gasteiger partial charge >= 0.3 is 0 Å². The molecular weight excluding hydrogens is 348 g/mol. The smallest absolute Gasteiger partial charge is 0.158 e. The fourth-order valence-corrected chi connectivity index (χ4v) is 3.31. The quantitative estimate of drug-likeness (QED) is 0.459. The number of allylic oxidation sites excluding steroid dienone is 4. The van der Waals surface area contributed by atoms with Gasteiger partial charge in [0.2, 0.25) is 0 Å². The Balaban J connectivity index is 2.15. The van der Waals surface area contributed by atoms with E-state index in [0.717, 1.165) is 28.5 Å². The summed E-state index contributed by atoms with van der Waals surface area (Å²) in [6, 6.07) is 7.69. The third-order valence-electron chi connectivity index (χ3n) is 3.93. The third kappa shape index (κ3) is 4.82. The van der Waals surface area contributed by atoms with Crippen LogP contribution in [-0.2, 0) is 4.79 Å². The molecule has 1 aliphatic rings. The first kappa shape index (κ1) is 16.5. The van der Waals surface area contributed by atoms with Crippen molar-refractivity contribution >= 4 is 38.9 Å². The zero-order valence-electron chi connectivity index (χ0n) is 12.2. The maximum Gasteiger partial charge on any atom is 0.158 e. The zero-order chi connectivity index (χ0) is 15.2. The lowest BCUT2D eigenvalue weighted by atomic mass is 9.86. The average molecular weight is 368 g/mol. The molecule has 1 aliphatic carbocycles. The van der Waals surface area contributed by atoms with Crippen LogP contribution in [0.15, 0.2) is 40.9 Å². The minimum Gasteiger partial charge on any atom is -0.295 e. The largest absolute Gasteiger partial charge is 0.295 e. The Hall–Kier alpha value is -0.860. The number of rotatable bonds is 4. The van der Waals surface area contributed by atoms with Gasteiger partial charge in [-0.2, -0.15) is 0 Å². The van der Waals surface area contributed by atoms with E-state index < -0.39 is 0 Å². The molecule has 0 aliphatic heterocycles. The highest BCUT2D eigenvalue weighted by molar-refractivity contribution is 9.11. The summed E-state index contributed by atoms with van der Waals surface area (Å²) in [6.07, 6.45) is 9.34. The minimum atomic E-state index is 0.214. The standard InChI is InChI=1S/C18H20BrClO/c1-13(19)17(15-8-5-9-16(20)12-15)10-11-18(21)14-6-3-2-4-7-14/h5,8-12,14H,2-4,6-7H2,1H3/b11-10+,17-13+. The Bertz CT molecular complexity index is 564. The topological polar surface area (TPSA) is 17.1 Å². The molecule has 0 amide bonds. The second-order valence-electron chi connectivity index (χ2n) is 5.53. The first-order chi connectivity index (χ1) is 10.1. The van der Waals surface area contributed by atoms with Gasteiger partial charge in [-0.1, -0.05) is 65.0 Å². The van der Waals surface area contributed by atoms with Crippen LogP contribution in [0.2, 0.25) is 5.02 Å². The van der Waals surface area contributed by atoms with Crippen molar-refractivity contribution in [3.63, 3.8) is 0 Å². The van der Waals surface area contributed by atoms with Crippen LogP contribution in [0.4, 0.5) is 0 Å². The Morgan fingerprint density at radius 3 is 2.57 bits per heavy atom. The summed E-state index contributed by atoms with van der Waals surface area (Å²) in [6.45, 7) is 1.98. The van der Waals surface area contributed by atoms with E-state index in [9.17, 15) is 4.79 Å². The van der Waals surface area contributed by atoms with Gasteiger partial charge in [0.05, 0.1) is 0 Å². The number of ketones is 1. The van der Waals surface area contributed by atoms with E-state index in [1.165, 1.54) is 19.3 Å². The average Bonchev–Trinajstić information content (AvgIpc) is 2.48. The summed E-state index contributed by atoms with van der Waals surface area (Å²) in [5.41, 5.74) is 2.02. The molecule has 1 saturated carbocycles. The number of carbonyl (C=O) groups excluding carboxylic acids is 1. The van der Waals surface area contributed by atoms with Crippen molar-refractivity contribution in [3.05, 3.63) is 51.5 Å². The lowest BCUT2D eigenvalue weighted by Gasteiger charge is -2.18. The maximum atomic E-state index is 12.3. The molecule has 1 aromatic rings. The first-order valence-corrected chi connectivity index (χ1v) is 8.59. The van der Waals surface area contributed by atoms with Crippen LogP contribution < -0.4 is 0 Å².